The van der Waals surface area contributed by atoms with Crippen LogP contribution in [0.3, 0.4) is 0 Å². The van der Waals surface area contributed by atoms with Crippen molar-refractivity contribution in [2.75, 3.05) is 25.0 Å². The van der Waals surface area contributed by atoms with E-state index in [1.165, 1.54) is 6.39 Å². The van der Waals surface area contributed by atoms with Crippen molar-refractivity contribution in [2.45, 2.75) is 25.4 Å². The zero-order valence-corrected chi connectivity index (χ0v) is 16.0. The van der Waals surface area contributed by atoms with Gasteiger partial charge < -0.3 is 9.32 Å². The molecule has 1 fully saturated rings. The molecule has 1 aromatic carbocycles. The van der Waals surface area contributed by atoms with Crippen molar-refractivity contribution in [2.24, 2.45) is 5.92 Å². The number of oxazole rings is 1. The number of likely N-dealkylation sites (tertiary alicyclic amines) is 1. The Bertz CT molecular complexity index is 1010. The van der Waals surface area contributed by atoms with Crippen LogP contribution in [0.4, 0.5) is 19.1 Å². The monoisotopic (exact) mass is 419 g/mol. The second-order valence-electron chi connectivity index (χ2n) is 7.30. The molecule has 7 nitrogen and oxygen atoms in total. The molecule has 1 saturated heterocycles. The van der Waals surface area contributed by atoms with Crippen molar-refractivity contribution in [3.63, 3.8) is 0 Å². The maximum Gasteiger partial charge on any atom is 0.390 e. The molecular weight excluding hydrogens is 399 g/mol. The average molecular weight is 419 g/mol. The van der Waals surface area contributed by atoms with E-state index in [2.05, 4.69) is 20.3 Å². The molecule has 0 atom stereocenters. The van der Waals surface area contributed by atoms with Crippen molar-refractivity contribution in [1.82, 2.24) is 19.9 Å². The van der Waals surface area contributed by atoms with Crippen molar-refractivity contribution in [3.8, 4) is 11.3 Å². The number of anilines is 1. The molecule has 0 bridgehead atoms. The van der Waals surface area contributed by atoms with Gasteiger partial charge in [0.25, 0.3) is 0 Å². The lowest BCUT2D eigenvalue weighted by atomic mass is 9.96. The van der Waals surface area contributed by atoms with Gasteiger partial charge in [-0.2, -0.15) is 13.2 Å². The van der Waals surface area contributed by atoms with Crippen LogP contribution in [0.2, 0.25) is 0 Å². The predicted molar refractivity (Wildman–Crippen MR) is 104 cm³/mol. The summed E-state index contributed by atoms with van der Waals surface area (Å²) in [4.78, 5) is 26.8. The van der Waals surface area contributed by atoms with Crippen molar-refractivity contribution < 1.29 is 22.4 Å². The third-order valence-corrected chi connectivity index (χ3v) is 5.20. The molecule has 10 heteroatoms. The highest BCUT2D eigenvalue weighted by molar-refractivity contribution is 5.92. The zero-order chi connectivity index (χ0) is 21.1. The number of rotatable bonds is 5. The van der Waals surface area contributed by atoms with Gasteiger partial charge >= 0.3 is 6.18 Å². The number of carbonyl (C=O) groups is 1. The number of nitrogens with one attached hydrogen (secondary N) is 1. The Morgan fingerprint density at radius 3 is 2.73 bits per heavy atom. The van der Waals surface area contributed by atoms with Gasteiger partial charge in [0.15, 0.2) is 12.2 Å². The summed E-state index contributed by atoms with van der Waals surface area (Å²) >= 11 is 0. The first kappa shape index (κ1) is 20.3. The van der Waals surface area contributed by atoms with Gasteiger partial charge in [0, 0.05) is 29.6 Å². The van der Waals surface area contributed by atoms with E-state index in [0.717, 1.165) is 10.9 Å². The number of hydrogen-bond acceptors (Lipinski definition) is 6. The predicted octanol–water partition coefficient (Wildman–Crippen LogP) is 3.89. The van der Waals surface area contributed by atoms with E-state index in [1.807, 2.05) is 18.2 Å². The first-order chi connectivity index (χ1) is 14.4. The molecule has 3 heterocycles. The molecule has 0 spiro atoms. The summed E-state index contributed by atoms with van der Waals surface area (Å²) in [7, 11) is 0. The summed E-state index contributed by atoms with van der Waals surface area (Å²) in [6.07, 6.45) is 0.604. The minimum atomic E-state index is -4.16. The lowest BCUT2D eigenvalue weighted by Crippen LogP contribution is -2.39. The molecule has 1 aliphatic rings. The molecule has 3 aromatic rings. The lowest BCUT2D eigenvalue weighted by Gasteiger charge is -2.31. The van der Waals surface area contributed by atoms with Crippen LogP contribution in [-0.2, 0) is 4.79 Å². The summed E-state index contributed by atoms with van der Waals surface area (Å²) in [5, 5.41) is 3.55. The molecule has 2 aromatic heterocycles. The number of nitrogens with zero attached hydrogens (tertiary/aromatic N) is 4. The summed E-state index contributed by atoms with van der Waals surface area (Å²) < 4.78 is 42.4. The number of benzene rings is 1. The van der Waals surface area contributed by atoms with Crippen LogP contribution >= 0.6 is 0 Å². The van der Waals surface area contributed by atoms with Crippen LogP contribution in [0, 0.1) is 5.92 Å². The Balaban J connectivity index is 1.37. The quantitative estimate of drug-likeness (QED) is 0.676. The fourth-order valence-corrected chi connectivity index (χ4v) is 3.51. The minimum absolute atomic E-state index is 0.0286. The average Bonchev–Trinajstić information content (AvgIpc) is 3.26. The molecule has 0 aliphatic carbocycles. The molecule has 1 N–H and O–H groups in total. The Hall–Kier alpha value is -3.01. The number of piperidine rings is 1. The van der Waals surface area contributed by atoms with Crippen LogP contribution in [0.5, 0.6) is 0 Å². The van der Waals surface area contributed by atoms with Crippen molar-refractivity contribution in [1.29, 1.82) is 0 Å². The van der Waals surface area contributed by atoms with Crippen LogP contribution in [0.25, 0.3) is 22.2 Å². The SMILES string of the molecule is O=C(Nc1ncc2ccc(-c3cnco3)cc2n1)C1CCN(CCC(F)(F)F)CC1. The normalized spacial score (nSPS) is 16.1. The lowest BCUT2D eigenvalue weighted by molar-refractivity contribution is -0.139. The van der Waals surface area contributed by atoms with E-state index < -0.39 is 12.6 Å². The van der Waals surface area contributed by atoms with Crippen LogP contribution in [0.1, 0.15) is 19.3 Å². The number of fused-ring (bicyclic) bond motifs is 1. The molecular formula is C20H20F3N5O2. The van der Waals surface area contributed by atoms with Gasteiger partial charge in [-0.15, -0.1) is 0 Å². The van der Waals surface area contributed by atoms with E-state index in [-0.39, 0.29) is 24.3 Å². The second kappa shape index (κ2) is 8.39. The zero-order valence-electron chi connectivity index (χ0n) is 16.0. The van der Waals surface area contributed by atoms with E-state index in [1.54, 1.807) is 17.3 Å². The third-order valence-electron chi connectivity index (χ3n) is 5.20. The maximum absolute atomic E-state index is 12.6. The smallest absolute Gasteiger partial charge is 0.390 e. The second-order valence-corrected chi connectivity index (χ2v) is 7.30. The van der Waals surface area contributed by atoms with Gasteiger partial charge in [0.2, 0.25) is 11.9 Å². The molecule has 1 aliphatic heterocycles. The largest absolute Gasteiger partial charge is 0.444 e. The Kier molecular flexibility index (Phi) is 5.67. The molecule has 0 saturated carbocycles. The highest BCUT2D eigenvalue weighted by atomic mass is 19.4. The van der Waals surface area contributed by atoms with Crippen molar-refractivity contribution >= 4 is 22.8 Å². The van der Waals surface area contributed by atoms with Gasteiger partial charge in [0.05, 0.1) is 18.1 Å². The van der Waals surface area contributed by atoms with E-state index in [4.69, 9.17) is 4.42 Å². The first-order valence-electron chi connectivity index (χ1n) is 9.63. The molecule has 0 unspecified atom stereocenters. The number of hydrogen-bond donors (Lipinski definition) is 1. The summed E-state index contributed by atoms with van der Waals surface area (Å²) in [6, 6.07) is 5.55. The van der Waals surface area contributed by atoms with Crippen molar-refractivity contribution in [3.05, 3.63) is 37.0 Å². The molecule has 30 heavy (non-hydrogen) atoms. The highest BCUT2D eigenvalue weighted by Gasteiger charge is 2.30. The van der Waals surface area contributed by atoms with Crippen LogP contribution < -0.4 is 5.32 Å². The molecule has 0 radical (unpaired) electrons. The van der Waals surface area contributed by atoms with Crippen LogP contribution in [0.15, 0.2) is 41.4 Å². The Morgan fingerprint density at radius 1 is 1.23 bits per heavy atom. The number of aromatic nitrogens is 3. The third kappa shape index (κ3) is 4.93. The van der Waals surface area contributed by atoms with Gasteiger partial charge in [-0.3, -0.25) is 10.1 Å². The maximum atomic E-state index is 12.6. The van der Waals surface area contributed by atoms with Gasteiger partial charge in [-0.1, -0.05) is 12.1 Å². The van der Waals surface area contributed by atoms with E-state index in [9.17, 15) is 18.0 Å². The summed E-state index contributed by atoms with van der Waals surface area (Å²) in [5.74, 6) is 0.322. The van der Waals surface area contributed by atoms with Gasteiger partial charge in [-0.05, 0) is 32.0 Å². The van der Waals surface area contributed by atoms with E-state index in [0.29, 0.717) is 37.2 Å². The molecule has 1 amide bonds. The highest BCUT2D eigenvalue weighted by Crippen LogP contribution is 2.25. The molecule has 4 rings (SSSR count). The number of carbonyl (C=O) groups excluding carboxylic acids is 1. The fourth-order valence-electron chi connectivity index (χ4n) is 3.51. The van der Waals surface area contributed by atoms with Gasteiger partial charge in [0.1, 0.15) is 0 Å². The number of amides is 1. The minimum Gasteiger partial charge on any atom is -0.444 e. The van der Waals surface area contributed by atoms with Crippen LogP contribution in [-0.4, -0.2) is 51.6 Å². The standard InChI is InChI=1S/C20H20F3N5O2/c21-20(22,23)5-8-28-6-3-13(4-7-28)18(29)27-19-25-10-15-2-1-14(9-16(15)26-19)17-11-24-12-30-17/h1-2,9-13H,3-8H2,(H,25,26,27,29). The van der Waals surface area contributed by atoms with Gasteiger partial charge in [-0.25, -0.2) is 15.0 Å². The van der Waals surface area contributed by atoms with E-state index >= 15 is 0 Å². The summed E-state index contributed by atoms with van der Waals surface area (Å²) in [6.45, 7) is 0.903. The number of halogens is 3. The first-order valence-corrected chi connectivity index (χ1v) is 9.63. The Labute approximate surface area is 170 Å². The Morgan fingerprint density at radius 2 is 2.03 bits per heavy atom. The fraction of sp³-hybridized carbons (Fsp3) is 0.400. The topological polar surface area (TPSA) is 84.2 Å². The summed E-state index contributed by atoms with van der Waals surface area (Å²) in [5.41, 5.74) is 1.46. The molecule has 158 valence electrons. The number of alkyl halides is 3.